The molecule has 9 nitrogen and oxygen atoms in total. The molecule has 0 spiro atoms. The lowest BCUT2D eigenvalue weighted by Crippen LogP contribution is -2.39. The summed E-state index contributed by atoms with van der Waals surface area (Å²) in [6.45, 7) is 5.55. The molecular formula is C30H38FN3O6S. The van der Waals surface area contributed by atoms with Crippen LogP contribution in [-0.4, -0.2) is 62.2 Å². The lowest BCUT2D eigenvalue weighted by molar-refractivity contribution is -0.126. The third-order valence-corrected chi connectivity index (χ3v) is 9.61. The topological polar surface area (TPSA) is 110 Å². The molecule has 0 atom stereocenters. The second kappa shape index (κ2) is 10.6. The van der Waals surface area contributed by atoms with E-state index in [2.05, 4.69) is 5.32 Å². The summed E-state index contributed by atoms with van der Waals surface area (Å²) in [5.41, 5.74) is -0.401. The first kappa shape index (κ1) is 30.3. The number of aromatic nitrogens is 1. The van der Waals surface area contributed by atoms with Crippen molar-refractivity contribution < 1.29 is 32.2 Å². The monoisotopic (exact) mass is 587 g/mol. The zero-order chi connectivity index (χ0) is 30.2. The number of hydrogen-bond donors (Lipinski definition) is 2. The standard InChI is InChI=1S/C30H38FN3O6S/c1-29(2,3)40-28(36)33(5)18-21-17-26(24-9-7-8-10-25(24)31)34(19-21)41(6,37,38)23-13-11-22(12-14-23)39-20-30(15-16-30)27(35)32-4/h7-14,17,19H,15-16,18,20H2,1-6H3,(H,32,35)(H,37,38). The van der Waals surface area contributed by atoms with Crippen LogP contribution in [0.1, 0.15) is 39.2 Å². The number of benzene rings is 2. The van der Waals surface area contributed by atoms with E-state index in [9.17, 15) is 22.7 Å². The number of amides is 2. The molecule has 1 aliphatic rings. The molecule has 1 saturated carbocycles. The molecule has 0 aliphatic heterocycles. The van der Waals surface area contributed by atoms with Gasteiger partial charge >= 0.3 is 6.09 Å². The third-order valence-electron chi connectivity index (χ3n) is 7.02. The summed E-state index contributed by atoms with van der Waals surface area (Å²) in [7, 11) is -1.69. The fourth-order valence-corrected chi connectivity index (χ4v) is 6.51. The molecule has 0 unspecified atom stereocenters. The lowest BCUT2D eigenvalue weighted by atomic mass is 10.1. The Hall–Kier alpha value is -3.70. The second-order valence-corrected chi connectivity index (χ2v) is 15.1. The van der Waals surface area contributed by atoms with Gasteiger partial charge in [-0.15, -0.1) is 0 Å². The average Bonchev–Trinajstić information content (AvgIpc) is 3.57. The SMILES string of the molecule is CNC(=O)C1(COc2ccc(S(C)(=O)(O)n3cc(CN(C)C(=O)OC(C)(C)C)cc3-c3ccccc3F)cc2)CC1. The maximum Gasteiger partial charge on any atom is 0.410 e. The van der Waals surface area contributed by atoms with Crippen molar-refractivity contribution in [3.63, 3.8) is 0 Å². The number of halogens is 1. The summed E-state index contributed by atoms with van der Waals surface area (Å²) in [6, 6.07) is 13.7. The highest BCUT2D eigenvalue weighted by Gasteiger charge is 2.50. The first-order chi connectivity index (χ1) is 19.0. The molecule has 222 valence electrons. The van der Waals surface area contributed by atoms with Gasteiger partial charge in [-0.25, -0.2) is 13.2 Å². The minimum absolute atomic E-state index is 0.0616. The van der Waals surface area contributed by atoms with Gasteiger partial charge in [0, 0.05) is 32.1 Å². The van der Waals surface area contributed by atoms with Crippen molar-refractivity contribution in [3.05, 3.63) is 72.2 Å². The summed E-state index contributed by atoms with van der Waals surface area (Å²) in [5, 5.41) is 2.66. The van der Waals surface area contributed by atoms with Crippen LogP contribution in [0, 0.1) is 11.2 Å². The largest absolute Gasteiger partial charge is 0.492 e. The normalized spacial score (nSPS) is 15.4. The Kier molecular flexibility index (Phi) is 7.83. The molecule has 1 aliphatic carbocycles. The molecule has 0 radical (unpaired) electrons. The summed E-state index contributed by atoms with van der Waals surface area (Å²) in [6.07, 6.45) is 3.58. The Bertz CT molecular complexity index is 1520. The maximum absolute atomic E-state index is 15.0. The summed E-state index contributed by atoms with van der Waals surface area (Å²) < 4.78 is 53.7. The van der Waals surface area contributed by atoms with Crippen LogP contribution in [0.25, 0.3) is 11.3 Å². The molecule has 11 heteroatoms. The number of carbonyl (C=O) groups is 2. The van der Waals surface area contributed by atoms with Crippen LogP contribution in [0.15, 0.2) is 65.7 Å². The molecule has 0 saturated heterocycles. The van der Waals surface area contributed by atoms with E-state index in [1.807, 2.05) is 0 Å². The smallest absolute Gasteiger partial charge is 0.410 e. The van der Waals surface area contributed by atoms with Gasteiger partial charge in [-0.1, -0.05) is 21.7 Å². The van der Waals surface area contributed by atoms with Crippen molar-refractivity contribution in [2.75, 3.05) is 27.0 Å². The minimum Gasteiger partial charge on any atom is -0.492 e. The fourth-order valence-electron chi connectivity index (χ4n) is 4.52. The number of nitrogens with zero attached hydrogens (tertiary/aromatic N) is 2. The van der Waals surface area contributed by atoms with Gasteiger partial charge in [0.1, 0.15) is 23.8 Å². The van der Waals surface area contributed by atoms with E-state index in [0.717, 1.165) is 12.8 Å². The highest BCUT2D eigenvalue weighted by molar-refractivity contribution is 8.13. The Labute approximate surface area is 240 Å². The molecule has 4 rings (SSSR count). The van der Waals surface area contributed by atoms with E-state index >= 15 is 0 Å². The number of ether oxygens (including phenoxy) is 2. The third kappa shape index (κ3) is 6.46. The van der Waals surface area contributed by atoms with Crippen LogP contribution < -0.4 is 10.1 Å². The van der Waals surface area contributed by atoms with Crippen molar-refractivity contribution in [2.45, 2.75) is 50.7 Å². The maximum atomic E-state index is 15.0. The Morgan fingerprint density at radius 1 is 1.15 bits per heavy atom. The molecule has 2 aromatic carbocycles. The van der Waals surface area contributed by atoms with Gasteiger partial charge in [-0.05, 0) is 81.6 Å². The number of hydrogen-bond acceptors (Lipinski definition) is 5. The van der Waals surface area contributed by atoms with Crippen LogP contribution in [-0.2, 0) is 25.6 Å². The summed E-state index contributed by atoms with van der Waals surface area (Å²) in [4.78, 5) is 26.1. The van der Waals surface area contributed by atoms with Crippen molar-refractivity contribution >= 4 is 21.5 Å². The molecule has 0 bridgehead atoms. The predicted octanol–water partition coefficient (Wildman–Crippen LogP) is 5.31. The second-order valence-electron chi connectivity index (χ2n) is 11.7. The van der Waals surface area contributed by atoms with Gasteiger partial charge < -0.3 is 19.7 Å². The van der Waals surface area contributed by atoms with Gasteiger partial charge in [-0.3, -0.25) is 9.35 Å². The van der Waals surface area contributed by atoms with Gasteiger partial charge in [-0.2, -0.15) is 4.21 Å². The summed E-state index contributed by atoms with van der Waals surface area (Å²) >= 11 is 0. The van der Waals surface area contributed by atoms with E-state index < -0.39 is 32.5 Å². The number of rotatable bonds is 9. The molecule has 3 aromatic rings. The van der Waals surface area contributed by atoms with Gasteiger partial charge in [0.2, 0.25) is 5.91 Å². The average molecular weight is 588 g/mol. The van der Waals surface area contributed by atoms with Crippen LogP contribution >= 0.6 is 0 Å². The highest BCUT2D eigenvalue weighted by atomic mass is 32.3. The fraction of sp³-hybridized carbons (Fsp3) is 0.400. The van der Waals surface area contributed by atoms with Crippen LogP contribution in [0.3, 0.4) is 0 Å². The van der Waals surface area contributed by atoms with Gasteiger partial charge in [0.15, 0.2) is 0 Å². The van der Waals surface area contributed by atoms with Crippen molar-refractivity contribution in [2.24, 2.45) is 5.41 Å². The van der Waals surface area contributed by atoms with Crippen LogP contribution in [0.4, 0.5) is 9.18 Å². The van der Waals surface area contributed by atoms with E-state index in [-0.39, 0.29) is 35.2 Å². The molecule has 1 aromatic heterocycles. The molecule has 2 amide bonds. The van der Waals surface area contributed by atoms with Crippen molar-refractivity contribution in [1.29, 1.82) is 0 Å². The van der Waals surface area contributed by atoms with Crippen LogP contribution in [0.5, 0.6) is 5.75 Å². The van der Waals surface area contributed by atoms with Crippen LogP contribution in [0.2, 0.25) is 0 Å². The minimum atomic E-state index is -4.84. The predicted molar refractivity (Wildman–Crippen MR) is 156 cm³/mol. The number of nitrogens with one attached hydrogen (secondary N) is 1. The molecule has 41 heavy (non-hydrogen) atoms. The Morgan fingerprint density at radius 2 is 1.78 bits per heavy atom. The zero-order valence-electron chi connectivity index (χ0n) is 24.3. The van der Waals surface area contributed by atoms with E-state index in [1.165, 1.54) is 51.7 Å². The highest BCUT2D eigenvalue weighted by Crippen LogP contribution is 2.46. The van der Waals surface area contributed by atoms with Gasteiger partial charge in [0.05, 0.1) is 22.5 Å². The first-order valence-electron chi connectivity index (χ1n) is 13.3. The van der Waals surface area contributed by atoms with Crippen molar-refractivity contribution in [1.82, 2.24) is 14.2 Å². The Morgan fingerprint density at radius 3 is 2.34 bits per heavy atom. The first-order valence-corrected chi connectivity index (χ1v) is 15.6. The molecule has 2 N–H and O–H groups in total. The molecule has 1 heterocycles. The zero-order valence-corrected chi connectivity index (χ0v) is 25.1. The van der Waals surface area contributed by atoms with E-state index in [0.29, 0.717) is 11.3 Å². The lowest BCUT2D eigenvalue weighted by Gasteiger charge is -2.42. The van der Waals surface area contributed by atoms with Crippen molar-refractivity contribution in [3.8, 4) is 17.0 Å². The summed E-state index contributed by atoms with van der Waals surface area (Å²) in [5.74, 6) is -0.174. The quantitative estimate of drug-likeness (QED) is 0.351. The Balaban J connectivity index is 1.67. The van der Waals surface area contributed by atoms with Gasteiger partial charge in [0.25, 0.3) is 0 Å². The van der Waals surface area contributed by atoms with E-state index in [1.54, 1.807) is 59.1 Å². The molecule has 1 fully saturated rings. The number of carbonyl (C=O) groups excluding carboxylic acids is 2. The molecular weight excluding hydrogens is 549 g/mol. The van der Waals surface area contributed by atoms with E-state index in [4.69, 9.17) is 9.47 Å².